The molecule has 0 aromatic carbocycles. The number of nitrogens with zero attached hydrogens (tertiary/aromatic N) is 2. The summed E-state index contributed by atoms with van der Waals surface area (Å²) in [4.78, 5) is 8.93. The van der Waals surface area contributed by atoms with E-state index >= 15 is 0 Å². The van der Waals surface area contributed by atoms with E-state index in [1.165, 1.54) is 37.7 Å². The summed E-state index contributed by atoms with van der Waals surface area (Å²) in [5.74, 6) is 1.48. The number of nitrogens with two attached hydrogens (primary N) is 1. The normalized spacial score (nSPS) is 31.6. The van der Waals surface area contributed by atoms with E-state index < -0.39 is 0 Å². The predicted octanol–water partition coefficient (Wildman–Crippen LogP) is 4.33. The smallest absolute Gasteiger partial charge is 0.147 e. The molecule has 0 radical (unpaired) electrons. The van der Waals surface area contributed by atoms with Gasteiger partial charge in [0.15, 0.2) is 0 Å². The largest absolute Gasteiger partial charge is 0.488 e. The Balaban J connectivity index is 1.84. The molecule has 0 aromatic rings. The third-order valence-electron chi connectivity index (χ3n) is 5.63. The van der Waals surface area contributed by atoms with Gasteiger partial charge < -0.3 is 10.5 Å². The highest BCUT2D eigenvalue weighted by atomic mass is 16.5. The van der Waals surface area contributed by atoms with Crippen LogP contribution >= 0.6 is 0 Å². The summed E-state index contributed by atoms with van der Waals surface area (Å²) in [5, 5.41) is 0. The van der Waals surface area contributed by atoms with Crippen LogP contribution in [-0.2, 0) is 4.74 Å². The molecule has 0 unspecified atom stereocenters. The molecule has 0 amide bonds. The van der Waals surface area contributed by atoms with Crippen LogP contribution in [0.25, 0.3) is 0 Å². The zero-order valence-corrected chi connectivity index (χ0v) is 15.4. The van der Waals surface area contributed by atoms with E-state index in [9.17, 15) is 0 Å². The first kappa shape index (κ1) is 18.1. The van der Waals surface area contributed by atoms with Crippen LogP contribution in [0.5, 0.6) is 0 Å². The van der Waals surface area contributed by atoms with E-state index in [0.717, 1.165) is 42.9 Å². The first-order valence-electron chi connectivity index (χ1n) is 9.73. The number of rotatable bonds is 4. The van der Waals surface area contributed by atoms with Gasteiger partial charge in [-0.05, 0) is 62.2 Å². The lowest BCUT2D eigenvalue weighted by molar-refractivity contribution is 0.0890. The van der Waals surface area contributed by atoms with Gasteiger partial charge in [0.25, 0.3) is 0 Å². The fourth-order valence-corrected chi connectivity index (χ4v) is 4.15. The third kappa shape index (κ3) is 4.49. The van der Waals surface area contributed by atoms with Crippen molar-refractivity contribution >= 4 is 11.4 Å². The Morgan fingerprint density at radius 3 is 2.44 bits per heavy atom. The van der Waals surface area contributed by atoms with Gasteiger partial charge in [-0.2, -0.15) is 0 Å². The molecule has 0 aromatic heterocycles. The summed E-state index contributed by atoms with van der Waals surface area (Å²) in [6.45, 7) is 3.76. The van der Waals surface area contributed by atoms with Crippen molar-refractivity contribution in [2.45, 2.75) is 69.9 Å². The van der Waals surface area contributed by atoms with Crippen molar-refractivity contribution in [2.24, 2.45) is 21.6 Å². The zero-order valence-electron chi connectivity index (χ0n) is 15.4. The molecule has 2 fully saturated rings. The maximum absolute atomic E-state index is 6.40. The van der Waals surface area contributed by atoms with Crippen molar-refractivity contribution in [3.63, 3.8) is 0 Å². The van der Waals surface area contributed by atoms with Crippen molar-refractivity contribution < 1.29 is 4.74 Å². The zero-order chi connectivity index (χ0) is 17.6. The van der Waals surface area contributed by atoms with Gasteiger partial charge in [-0.15, -0.1) is 0 Å². The lowest BCUT2D eigenvalue weighted by Gasteiger charge is -2.31. The minimum Gasteiger partial charge on any atom is -0.488 e. The van der Waals surface area contributed by atoms with Gasteiger partial charge >= 0.3 is 0 Å². The highest BCUT2D eigenvalue weighted by Gasteiger charge is 2.28. The highest BCUT2D eigenvalue weighted by molar-refractivity contribution is 6.52. The molecule has 4 nitrogen and oxygen atoms in total. The van der Waals surface area contributed by atoms with Gasteiger partial charge in [-0.3, -0.25) is 9.98 Å². The first-order valence-corrected chi connectivity index (χ1v) is 9.73. The molecule has 0 saturated heterocycles. The van der Waals surface area contributed by atoms with Crippen LogP contribution in [0.2, 0.25) is 0 Å². The minimum atomic E-state index is 0.227. The van der Waals surface area contributed by atoms with Crippen LogP contribution in [0.4, 0.5) is 0 Å². The predicted molar refractivity (Wildman–Crippen MR) is 105 cm³/mol. The lowest BCUT2D eigenvalue weighted by atomic mass is 9.81. The second-order valence-corrected chi connectivity index (χ2v) is 7.41. The lowest BCUT2D eigenvalue weighted by Crippen LogP contribution is -2.32. The molecule has 0 atom stereocenters. The number of hydrogen-bond donors (Lipinski definition) is 1. The monoisotopic (exact) mass is 341 g/mol. The minimum absolute atomic E-state index is 0.227. The van der Waals surface area contributed by atoms with Gasteiger partial charge in [-0.1, -0.05) is 25.8 Å². The first-order chi connectivity index (χ1) is 12.2. The summed E-state index contributed by atoms with van der Waals surface area (Å²) in [5.41, 5.74) is 9.11. The summed E-state index contributed by atoms with van der Waals surface area (Å²) >= 11 is 0. The molecule has 0 aliphatic heterocycles. The van der Waals surface area contributed by atoms with E-state index in [-0.39, 0.29) is 6.10 Å². The second kappa shape index (κ2) is 8.61. The molecule has 25 heavy (non-hydrogen) atoms. The third-order valence-corrected chi connectivity index (χ3v) is 5.63. The number of allylic oxidation sites excluding steroid dienone is 4. The van der Waals surface area contributed by atoms with Crippen LogP contribution in [0, 0.1) is 5.92 Å². The summed E-state index contributed by atoms with van der Waals surface area (Å²) in [7, 11) is 1.82. The molecule has 136 valence electrons. The van der Waals surface area contributed by atoms with Gasteiger partial charge in [0.1, 0.15) is 11.5 Å². The summed E-state index contributed by atoms with van der Waals surface area (Å²) in [6, 6.07) is 0.326. The molecule has 0 spiro atoms. The molecule has 2 N–H and O–H groups in total. The van der Waals surface area contributed by atoms with Crippen LogP contribution < -0.4 is 5.73 Å². The maximum atomic E-state index is 6.40. The molecule has 3 rings (SSSR count). The van der Waals surface area contributed by atoms with Crippen molar-refractivity contribution in [2.75, 3.05) is 7.05 Å². The van der Waals surface area contributed by atoms with E-state index in [2.05, 4.69) is 28.7 Å². The molecule has 0 heterocycles. The summed E-state index contributed by atoms with van der Waals surface area (Å²) < 4.78 is 6.40. The fourth-order valence-electron chi connectivity index (χ4n) is 4.15. The molecular formula is C21H31N3O. The van der Waals surface area contributed by atoms with Crippen LogP contribution in [0.1, 0.15) is 57.8 Å². The molecule has 0 bridgehead atoms. The highest BCUT2D eigenvalue weighted by Crippen LogP contribution is 2.34. The van der Waals surface area contributed by atoms with E-state index in [4.69, 9.17) is 10.5 Å². The Labute approximate surface area is 151 Å². The molecule has 4 heteroatoms. The van der Waals surface area contributed by atoms with Crippen LogP contribution in [0.15, 0.2) is 46.2 Å². The Hall–Kier alpha value is -1.68. The average molecular weight is 341 g/mol. The Bertz CT molecular complexity index is 601. The van der Waals surface area contributed by atoms with E-state index in [1.54, 1.807) is 6.20 Å². The van der Waals surface area contributed by atoms with Gasteiger partial charge in [0.05, 0.1) is 11.8 Å². The van der Waals surface area contributed by atoms with Crippen molar-refractivity contribution in [3.05, 3.63) is 36.3 Å². The van der Waals surface area contributed by atoms with Crippen LogP contribution in [-0.4, -0.2) is 30.6 Å². The number of hydrogen-bond acceptors (Lipinski definition) is 4. The van der Waals surface area contributed by atoms with E-state index in [0.29, 0.717) is 12.0 Å². The average Bonchev–Trinajstić information content (AvgIpc) is 2.65. The fraction of sp³-hybridized carbons (Fsp3) is 0.619. The quantitative estimate of drug-likeness (QED) is 0.774. The Morgan fingerprint density at radius 1 is 1.08 bits per heavy atom. The Morgan fingerprint density at radius 2 is 1.80 bits per heavy atom. The second-order valence-electron chi connectivity index (χ2n) is 7.41. The number of aliphatic imine (C=N–C) groups is 2. The molecular weight excluding hydrogens is 310 g/mol. The van der Waals surface area contributed by atoms with Crippen molar-refractivity contribution in [1.29, 1.82) is 0 Å². The van der Waals surface area contributed by atoms with Crippen molar-refractivity contribution in [1.82, 2.24) is 0 Å². The summed E-state index contributed by atoms with van der Waals surface area (Å²) in [6.07, 6.45) is 16.8. The van der Waals surface area contributed by atoms with E-state index in [1.807, 2.05) is 7.05 Å². The standard InChI is InChI=1S/C21H31N3O/c1-3-24-21-19(23-2)13-16(15-7-5-4-6-8-15)14-20(21)25-18-11-9-17(22)10-12-18/h3,13-15,17-18H,1,4-12,22H2,2H3/b23-19-,24-21+/t17-,18+. The SMILES string of the molecule is C=C/N=C1/C(O[C@H]2CC[C@@H](N)CC2)=CC(C2CCCCC2)=C/C1=N/C. The van der Waals surface area contributed by atoms with Crippen molar-refractivity contribution in [3.8, 4) is 0 Å². The maximum Gasteiger partial charge on any atom is 0.147 e. The molecule has 3 aliphatic rings. The van der Waals surface area contributed by atoms with Crippen LogP contribution in [0.3, 0.4) is 0 Å². The van der Waals surface area contributed by atoms with Gasteiger partial charge in [0, 0.05) is 19.3 Å². The topological polar surface area (TPSA) is 60.0 Å². The number of ether oxygens (including phenoxy) is 1. The molecule has 3 aliphatic carbocycles. The van der Waals surface area contributed by atoms with Gasteiger partial charge in [-0.25, -0.2) is 0 Å². The molecule has 2 saturated carbocycles. The van der Waals surface area contributed by atoms with Gasteiger partial charge in [0.2, 0.25) is 0 Å². The Kier molecular flexibility index (Phi) is 6.24.